The molecule has 2 fully saturated rings. The van der Waals surface area contributed by atoms with Crippen molar-refractivity contribution in [3.63, 3.8) is 0 Å². The van der Waals surface area contributed by atoms with Crippen molar-refractivity contribution in [1.29, 1.82) is 0 Å². The van der Waals surface area contributed by atoms with E-state index in [4.69, 9.17) is 11.6 Å². The summed E-state index contributed by atoms with van der Waals surface area (Å²) in [6.07, 6.45) is 5.92. The van der Waals surface area contributed by atoms with Crippen molar-refractivity contribution in [3.8, 4) is 0 Å². The van der Waals surface area contributed by atoms with Gasteiger partial charge in [-0.05, 0) is 62.4 Å². The van der Waals surface area contributed by atoms with Crippen LogP contribution in [0, 0.1) is 17.7 Å². The summed E-state index contributed by atoms with van der Waals surface area (Å²) in [7, 11) is -4.36. The number of halogens is 3. The van der Waals surface area contributed by atoms with Crippen molar-refractivity contribution < 1.29 is 22.3 Å². The highest BCUT2D eigenvalue weighted by atomic mass is 35.5. The second-order valence-corrected chi connectivity index (χ2v) is 11.0. The monoisotopic (exact) mass is 514 g/mol. The van der Waals surface area contributed by atoms with E-state index in [-0.39, 0.29) is 29.5 Å². The average molecular weight is 515 g/mol. The van der Waals surface area contributed by atoms with Gasteiger partial charge in [0.25, 0.3) is 10.0 Å². The lowest BCUT2D eigenvalue weighted by Crippen LogP contribution is -2.48. The molecule has 1 aliphatic heterocycles. The zero-order valence-electron chi connectivity index (χ0n) is 18.7. The number of aliphatic hydroxyl groups is 1. The van der Waals surface area contributed by atoms with Crippen molar-refractivity contribution in [2.45, 2.75) is 55.5 Å². The number of nitrogens with one attached hydrogen (secondary N) is 2. The molecule has 3 N–H and O–H groups in total. The summed E-state index contributed by atoms with van der Waals surface area (Å²) in [5.74, 6) is -1.60. The zero-order chi connectivity index (χ0) is 24.3. The molecule has 2 aliphatic rings. The molecule has 1 saturated carbocycles. The highest BCUT2D eigenvalue weighted by molar-refractivity contribution is 7.92. The van der Waals surface area contributed by atoms with Gasteiger partial charge in [-0.1, -0.05) is 30.5 Å². The summed E-state index contributed by atoms with van der Waals surface area (Å²) in [6.45, 7) is 2.09. The first-order valence-corrected chi connectivity index (χ1v) is 13.4. The fourth-order valence-corrected chi connectivity index (χ4v) is 6.37. The minimum Gasteiger partial charge on any atom is -0.396 e. The number of nitrogens with zero attached hydrogens (tertiary/aromatic N) is 2. The van der Waals surface area contributed by atoms with Gasteiger partial charge in [0.05, 0.1) is 10.7 Å². The summed E-state index contributed by atoms with van der Waals surface area (Å²) in [5.41, 5.74) is 0.338. The first-order valence-electron chi connectivity index (χ1n) is 11.5. The van der Waals surface area contributed by atoms with E-state index in [0.29, 0.717) is 11.6 Å². The van der Waals surface area contributed by atoms with Crippen LogP contribution in [0.5, 0.6) is 0 Å². The van der Waals surface area contributed by atoms with Gasteiger partial charge >= 0.3 is 0 Å². The SMILES string of the molecule is O=S(=O)(Nc1cccc(F)n1)c1cc(Cl)c(N[C@H]2CCCC[C@@H]2N2CC[C@H](CCO)C2)cc1F. The molecule has 1 aromatic heterocycles. The molecule has 0 unspecified atom stereocenters. The smallest absolute Gasteiger partial charge is 0.266 e. The predicted molar refractivity (Wildman–Crippen MR) is 127 cm³/mol. The Kier molecular flexibility index (Phi) is 7.91. The standard InChI is InChI=1S/C23H29ClF2N4O3S/c24-16-12-21(34(32,33)29-23-7-3-6-22(26)28-23)17(25)13-19(16)27-18-4-1-2-5-20(18)30-10-8-15(14-30)9-11-31/h3,6-7,12-13,15,18,20,27,31H,1-2,4-5,8-11,14H2,(H,28,29)/t15-,18+,20+/m1/s1. The third kappa shape index (κ3) is 5.79. The molecule has 1 aliphatic carbocycles. The van der Waals surface area contributed by atoms with Gasteiger partial charge in [-0.25, -0.2) is 17.8 Å². The van der Waals surface area contributed by atoms with Crippen LogP contribution in [-0.2, 0) is 10.0 Å². The van der Waals surface area contributed by atoms with Gasteiger partial charge < -0.3 is 10.4 Å². The largest absolute Gasteiger partial charge is 0.396 e. The molecule has 7 nitrogen and oxygen atoms in total. The van der Waals surface area contributed by atoms with Crippen LogP contribution >= 0.6 is 11.6 Å². The van der Waals surface area contributed by atoms with Crippen LogP contribution < -0.4 is 10.0 Å². The first kappa shape index (κ1) is 25.1. The van der Waals surface area contributed by atoms with Crippen LogP contribution in [0.25, 0.3) is 0 Å². The number of hydrogen-bond donors (Lipinski definition) is 3. The Bertz CT molecular complexity index is 1120. The minimum atomic E-state index is -4.36. The molecule has 186 valence electrons. The molecule has 0 bridgehead atoms. The van der Waals surface area contributed by atoms with E-state index >= 15 is 0 Å². The van der Waals surface area contributed by atoms with Crippen LogP contribution in [0.3, 0.4) is 0 Å². The van der Waals surface area contributed by atoms with Gasteiger partial charge in [-0.3, -0.25) is 9.62 Å². The number of aromatic nitrogens is 1. The third-order valence-electron chi connectivity index (χ3n) is 6.66. The molecule has 1 saturated heterocycles. The number of sulfonamides is 1. The Morgan fingerprint density at radius 2 is 1.97 bits per heavy atom. The Morgan fingerprint density at radius 1 is 1.18 bits per heavy atom. The normalized spacial score (nSPS) is 23.7. The van der Waals surface area contributed by atoms with Gasteiger partial charge in [0.1, 0.15) is 16.5 Å². The minimum absolute atomic E-state index is 0.0515. The molecule has 0 spiro atoms. The molecule has 2 heterocycles. The average Bonchev–Trinajstić information content (AvgIpc) is 3.25. The van der Waals surface area contributed by atoms with Gasteiger partial charge in [0.15, 0.2) is 0 Å². The van der Waals surface area contributed by atoms with Crippen LogP contribution in [0.2, 0.25) is 5.02 Å². The van der Waals surface area contributed by atoms with Crippen LogP contribution in [-0.4, -0.2) is 55.2 Å². The number of hydrogen-bond acceptors (Lipinski definition) is 6. The number of anilines is 2. The molecule has 3 atom stereocenters. The van der Waals surface area contributed by atoms with Crippen LogP contribution in [0.15, 0.2) is 35.2 Å². The Balaban J connectivity index is 1.51. The van der Waals surface area contributed by atoms with Gasteiger partial charge in [0.2, 0.25) is 5.95 Å². The second-order valence-electron chi connectivity index (χ2n) is 8.98. The lowest BCUT2D eigenvalue weighted by molar-refractivity contribution is 0.166. The van der Waals surface area contributed by atoms with E-state index < -0.39 is 26.7 Å². The van der Waals surface area contributed by atoms with Crippen molar-refractivity contribution in [2.75, 3.05) is 29.7 Å². The lowest BCUT2D eigenvalue weighted by atomic mass is 9.89. The van der Waals surface area contributed by atoms with Crippen molar-refractivity contribution >= 4 is 33.1 Å². The highest BCUT2D eigenvalue weighted by Crippen LogP contribution is 2.34. The van der Waals surface area contributed by atoms with Crippen molar-refractivity contribution in [3.05, 3.63) is 47.1 Å². The fraction of sp³-hybridized carbons (Fsp3) is 0.522. The van der Waals surface area contributed by atoms with Crippen LogP contribution in [0.4, 0.5) is 20.3 Å². The topological polar surface area (TPSA) is 94.6 Å². The van der Waals surface area contributed by atoms with Gasteiger partial charge in [-0.2, -0.15) is 4.39 Å². The molecule has 34 heavy (non-hydrogen) atoms. The number of aliphatic hydroxyl groups excluding tert-OH is 1. The van der Waals surface area contributed by atoms with E-state index in [9.17, 15) is 22.3 Å². The lowest BCUT2D eigenvalue weighted by Gasteiger charge is -2.39. The molecule has 0 radical (unpaired) electrons. The zero-order valence-corrected chi connectivity index (χ0v) is 20.3. The summed E-state index contributed by atoms with van der Waals surface area (Å²) in [4.78, 5) is 5.25. The summed E-state index contributed by atoms with van der Waals surface area (Å²) < 4.78 is 55.7. The molecular formula is C23H29ClF2N4O3S. The first-order chi connectivity index (χ1) is 16.3. The van der Waals surface area contributed by atoms with Crippen LogP contribution in [0.1, 0.15) is 38.5 Å². The maximum absolute atomic E-state index is 14.9. The Hall–Kier alpha value is -2.01. The number of benzene rings is 1. The van der Waals surface area contributed by atoms with Crippen molar-refractivity contribution in [2.24, 2.45) is 5.92 Å². The maximum atomic E-state index is 14.9. The Morgan fingerprint density at radius 3 is 2.74 bits per heavy atom. The third-order valence-corrected chi connectivity index (χ3v) is 8.34. The quantitative estimate of drug-likeness (QED) is 0.456. The predicted octanol–water partition coefficient (Wildman–Crippen LogP) is 4.24. The fourth-order valence-electron chi connectivity index (χ4n) is 5.00. The van der Waals surface area contributed by atoms with E-state index in [1.54, 1.807) is 0 Å². The Labute approximate surface area is 203 Å². The summed E-state index contributed by atoms with van der Waals surface area (Å²) in [5, 5.41) is 12.7. The van der Waals surface area contributed by atoms with Crippen molar-refractivity contribution in [1.82, 2.24) is 9.88 Å². The van der Waals surface area contributed by atoms with E-state index in [2.05, 4.69) is 19.9 Å². The number of likely N-dealkylation sites (tertiary alicyclic amines) is 1. The molecule has 4 rings (SSSR count). The molecule has 0 amide bonds. The maximum Gasteiger partial charge on any atom is 0.266 e. The summed E-state index contributed by atoms with van der Waals surface area (Å²) in [6, 6.07) is 6.11. The molecule has 1 aromatic carbocycles. The van der Waals surface area contributed by atoms with Gasteiger partial charge in [0, 0.05) is 25.2 Å². The molecule has 11 heteroatoms. The number of rotatable bonds is 8. The number of pyridine rings is 1. The van der Waals surface area contributed by atoms with E-state index in [0.717, 1.165) is 69.8 Å². The van der Waals surface area contributed by atoms with Gasteiger partial charge in [-0.15, -0.1) is 0 Å². The van der Waals surface area contributed by atoms with E-state index in [1.165, 1.54) is 12.1 Å². The highest BCUT2D eigenvalue weighted by Gasteiger charge is 2.35. The summed E-state index contributed by atoms with van der Waals surface area (Å²) >= 11 is 6.39. The molecular weight excluding hydrogens is 486 g/mol. The van der Waals surface area contributed by atoms with E-state index in [1.807, 2.05) is 0 Å². The molecule has 2 aromatic rings. The second kappa shape index (κ2) is 10.7.